The standard InChI is InChI=1S/C14H16BF2O3/c1-15-8-14(6-9(7-20-14)13(18)19-2)11-4-3-10(16)5-12(11)17/h3-5,9H,6-8H2,1-2H3/t9-,14-/m0/s1. The number of hydrogen-bond acceptors (Lipinski definition) is 3. The largest absolute Gasteiger partial charge is 0.469 e. The van der Waals surface area contributed by atoms with Crippen molar-refractivity contribution in [3.05, 3.63) is 35.4 Å². The molecule has 1 saturated heterocycles. The highest BCUT2D eigenvalue weighted by Crippen LogP contribution is 2.43. The Bertz CT molecular complexity index is 509. The van der Waals surface area contributed by atoms with Crippen molar-refractivity contribution >= 4 is 13.2 Å². The van der Waals surface area contributed by atoms with Crippen LogP contribution < -0.4 is 0 Å². The van der Waals surface area contributed by atoms with Gasteiger partial charge in [0.05, 0.1) is 25.2 Å². The Hall–Kier alpha value is -1.43. The molecule has 107 valence electrons. The second-order valence-electron chi connectivity index (χ2n) is 4.97. The highest BCUT2D eigenvalue weighted by molar-refractivity contribution is 6.33. The molecule has 0 spiro atoms. The third-order valence-corrected chi connectivity index (χ3v) is 3.63. The molecule has 0 amide bonds. The summed E-state index contributed by atoms with van der Waals surface area (Å²) in [5.74, 6) is -2.09. The lowest BCUT2D eigenvalue weighted by Crippen LogP contribution is -2.28. The Morgan fingerprint density at radius 3 is 2.90 bits per heavy atom. The number of ether oxygens (including phenoxy) is 2. The lowest BCUT2D eigenvalue weighted by Gasteiger charge is -2.29. The first-order valence-electron chi connectivity index (χ1n) is 6.47. The predicted molar refractivity (Wildman–Crippen MR) is 70.5 cm³/mol. The molecule has 1 aromatic rings. The first-order valence-corrected chi connectivity index (χ1v) is 6.47. The average molecular weight is 281 g/mol. The topological polar surface area (TPSA) is 35.5 Å². The third kappa shape index (κ3) is 2.70. The van der Waals surface area contributed by atoms with Gasteiger partial charge >= 0.3 is 5.97 Å². The molecular formula is C14H16BF2O3. The summed E-state index contributed by atoms with van der Waals surface area (Å²) in [4.78, 5) is 11.6. The number of rotatable bonds is 4. The molecule has 1 aromatic carbocycles. The van der Waals surface area contributed by atoms with Gasteiger partial charge in [0.25, 0.3) is 0 Å². The van der Waals surface area contributed by atoms with Crippen LogP contribution in [0.1, 0.15) is 12.0 Å². The maximum atomic E-state index is 14.0. The van der Waals surface area contributed by atoms with Crippen LogP contribution in [0.2, 0.25) is 13.1 Å². The van der Waals surface area contributed by atoms with Gasteiger partial charge in [0, 0.05) is 11.6 Å². The van der Waals surface area contributed by atoms with Gasteiger partial charge in [-0.3, -0.25) is 4.79 Å². The van der Waals surface area contributed by atoms with Gasteiger partial charge in [-0.25, -0.2) is 8.78 Å². The van der Waals surface area contributed by atoms with E-state index >= 15 is 0 Å². The summed E-state index contributed by atoms with van der Waals surface area (Å²) in [6.07, 6.45) is 0.773. The van der Waals surface area contributed by atoms with Gasteiger partial charge in [-0.05, 0) is 18.8 Å². The number of esters is 1. The van der Waals surface area contributed by atoms with E-state index < -0.39 is 23.2 Å². The van der Waals surface area contributed by atoms with Crippen molar-refractivity contribution in [1.29, 1.82) is 0 Å². The number of halogens is 2. The number of benzene rings is 1. The molecular weight excluding hydrogens is 265 g/mol. The maximum Gasteiger partial charge on any atom is 0.311 e. The van der Waals surface area contributed by atoms with Gasteiger partial charge in [-0.2, -0.15) is 0 Å². The highest BCUT2D eigenvalue weighted by atomic mass is 19.1. The summed E-state index contributed by atoms with van der Waals surface area (Å²) in [6, 6.07) is 3.42. The lowest BCUT2D eigenvalue weighted by atomic mass is 9.66. The van der Waals surface area contributed by atoms with Crippen LogP contribution in [0, 0.1) is 17.6 Å². The zero-order chi connectivity index (χ0) is 14.8. The summed E-state index contributed by atoms with van der Waals surface area (Å²) in [5, 5.41) is 0. The predicted octanol–water partition coefficient (Wildman–Crippen LogP) is 2.54. The van der Waals surface area contributed by atoms with E-state index in [9.17, 15) is 13.6 Å². The Kier molecular flexibility index (Phi) is 4.43. The molecule has 1 aliphatic heterocycles. The van der Waals surface area contributed by atoms with Gasteiger partial charge in [0.1, 0.15) is 18.9 Å². The monoisotopic (exact) mass is 281 g/mol. The lowest BCUT2D eigenvalue weighted by molar-refractivity contribution is -0.145. The Morgan fingerprint density at radius 2 is 2.30 bits per heavy atom. The van der Waals surface area contributed by atoms with Gasteiger partial charge in [-0.15, -0.1) is 0 Å². The van der Waals surface area contributed by atoms with Gasteiger partial charge in [0.15, 0.2) is 0 Å². The summed E-state index contributed by atoms with van der Waals surface area (Å²) in [6.45, 7) is 2.01. The van der Waals surface area contributed by atoms with Crippen molar-refractivity contribution in [2.24, 2.45) is 5.92 Å². The Labute approximate surface area is 117 Å². The molecule has 2 rings (SSSR count). The first-order chi connectivity index (χ1) is 9.52. The number of carbonyl (C=O) groups is 1. The summed E-state index contributed by atoms with van der Waals surface area (Å²) >= 11 is 0. The molecule has 0 unspecified atom stereocenters. The minimum Gasteiger partial charge on any atom is -0.469 e. The average Bonchev–Trinajstić information content (AvgIpc) is 2.83. The molecule has 0 N–H and O–H groups in total. The minimum absolute atomic E-state index is 0.178. The number of hydrogen-bond donors (Lipinski definition) is 0. The quantitative estimate of drug-likeness (QED) is 0.628. The molecule has 0 saturated carbocycles. The van der Waals surface area contributed by atoms with Crippen molar-refractivity contribution in [2.75, 3.05) is 13.7 Å². The summed E-state index contributed by atoms with van der Waals surface area (Å²) < 4.78 is 37.5. The van der Waals surface area contributed by atoms with E-state index in [4.69, 9.17) is 9.47 Å². The van der Waals surface area contributed by atoms with Crippen LogP contribution in [-0.4, -0.2) is 27.0 Å². The molecule has 20 heavy (non-hydrogen) atoms. The minimum atomic E-state index is -0.925. The van der Waals surface area contributed by atoms with Crippen LogP contribution in [0.25, 0.3) is 0 Å². The number of methoxy groups -OCH3 is 1. The molecule has 1 heterocycles. The van der Waals surface area contributed by atoms with Crippen LogP contribution in [0.4, 0.5) is 8.78 Å². The zero-order valence-electron chi connectivity index (χ0n) is 11.5. The van der Waals surface area contributed by atoms with E-state index in [1.54, 1.807) is 0 Å². The first kappa shape index (κ1) is 15.0. The summed E-state index contributed by atoms with van der Waals surface area (Å²) in [5.41, 5.74) is -0.644. The molecule has 2 atom stereocenters. The zero-order valence-corrected chi connectivity index (χ0v) is 11.5. The molecule has 1 aliphatic rings. The van der Waals surface area contributed by atoms with E-state index in [1.807, 2.05) is 14.1 Å². The van der Waals surface area contributed by atoms with Crippen LogP contribution >= 0.6 is 0 Å². The van der Waals surface area contributed by atoms with Crippen molar-refractivity contribution < 1.29 is 23.0 Å². The molecule has 0 aromatic heterocycles. The van der Waals surface area contributed by atoms with E-state index in [-0.39, 0.29) is 18.1 Å². The molecule has 1 radical (unpaired) electrons. The van der Waals surface area contributed by atoms with Gasteiger partial charge in [-0.1, -0.05) is 12.9 Å². The van der Waals surface area contributed by atoms with Gasteiger partial charge in [0.2, 0.25) is 0 Å². The van der Waals surface area contributed by atoms with E-state index in [0.29, 0.717) is 12.7 Å². The fourth-order valence-electron chi connectivity index (χ4n) is 2.72. The molecule has 0 aliphatic carbocycles. The smallest absolute Gasteiger partial charge is 0.311 e. The Balaban J connectivity index is 2.34. The SMILES string of the molecule is C[B]C[C@]1(c2ccc(F)cc2F)C[C@H](C(=O)OC)CO1. The van der Waals surface area contributed by atoms with Crippen LogP contribution in [0.5, 0.6) is 0 Å². The van der Waals surface area contributed by atoms with Crippen LogP contribution in [0.3, 0.4) is 0 Å². The maximum absolute atomic E-state index is 14.0. The van der Waals surface area contributed by atoms with Crippen molar-refractivity contribution in [2.45, 2.75) is 25.2 Å². The van der Waals surface area contributed by atoms with Crippen molar-refractivity contribution in [1.82, 2.24) is 0 Å². The highest BCUT2D eigenvalue weighted by Gasteiger charge is 2.45. The molecule has 1 fully saturated rings. The fraction of sp³-hybridized carbons (Fsp3) is 0.500. The summed E-state index contributed by atoms with van der Waals surface area (Å²) in [7, 11) is 3.16. The van der Waals surface area contributed by atoms with E-state index in [1.165, 1.54) is 19.2 Å². The van der Waals surface area contributed by atoms with E-state index in [0.717, 1.165) is 6.07 Å². The Morgan fingerprint density at radius 1 is 1.55 bits per heavy atom. The molecule has 6 heteroatoms. The second-order valence-corrected chi connectivity index (χ2v) is 4.97. The van der Waals surface area contributed by atoms with Crippen molar-refractivity contribution in [3.63, 3.8) is 0 Å². The number of carbonyl (C=O) groups excluding carboxylic acids is 1. The third-order valence-electron chi connectivity index (χ3n) is 3.63. The van der Waals surface area contributed by atoms with Crippen molar-refractivity contribution in [3.8, 4) is 0 Å². The van der Waals surface area contributed by atoms with E-state index in [2.05, 4.69) is 0 Å². The molecule has 3 nitrogen and oxygen atoms in total. The molecule has 0 bridgehead atoms. The fourth-order valence-corrected chi connectivity index (χ4v) is 2.72. The normalized spacial score (nSPS) is 25.5. The second kappa shape index (κ2) is 5.91. The van der Waals surface area contributed by atoms with Crippen LogP contribution in [-0.2, 0) is 19.9 Å². The van der Waals surface area contributed by atoms with Crippen LogP contribution in [0.15, 0.2) is 18.2 Å². The van der Waals surface area contributed by atoms with Gasteiger partial charge < -0.3 is 9.47 Å².